The molecule has 1 amide bonds. The third-order valence-corrected chi connectivity index (χ3v) is 4.38. The Kier molecular flexibility index (Phi) is 5.53. The fourth-order valence-electron chi connectivity index (χ4n) is 1.82. The molecule has 110 valence electrons. The number of hydrogen-bond acceptors (Lipinski definition) is 3. The van der Waals surface area contributed by atoms with Gasteiger partial charge in [0.15, 0.2) is 0 Å². The molecule has 0 aromatic heterocycles. The lowest BCUT2D eigenvalue weighted by Gasteiger charge is -2.09. The fourth-order valence-corrected chi connectivity index (χ4v) is 2.97. The van der Waals surface area contributed by atoms with Crippen molar-refractivity contribution in [3.05, 3.63) is 53.1 Å². The van der Waals surface area contributed by atoms with Gasteiger partial charge in [0, 0.05) is 22.1 Å². The van der Waals surface area contributed by atoms with Crippen molar-refractivity contribution in [3.63, 3.8) is 0 Å². The summed E-state index contributed by atoms with van der Waals surface area (Å²) in [4.78, 5) is 13.1. The summed E-state index contributed by atoms with van der Waals surface area (Å²) in [5, 5.41) is 3.34. The standard InChI is InChI=1S/C16H17ClN2OS/c1-11-4-2-3-5-15(11)21-9-8-16(20)19-14-10-12(17)6-7-13(14)18/h2-7,10H,8-9,18H2,1H3,(H,19,20). The molecule has 0 radical (unpaired) electrons. The molecule has 0 aliphatic rings. The first kappa shape index (κ1) is 15.7. The zero-order chi connectivity index (χ0) is 15.2. The number of hydrogen-bond donors (Lipinski definition) is 2. The predicted octanol–water partition coefficient (Wildman–Crippen LogP) is 4.35. The Morgan fingerprint density at radius 1 is 1.29 bits per heavy atom. The molecule has 0 aliphatic heterocycles. The summed E-state index contributed by atoms with van der Waals surface area (Å²) in [7, 11) is 0. The maximum atomic E-state index is 11.9. The van der Waals surface area contributed by atoms with Crippen molar-refractivity contribution in [2.45, 2.75) is 18.2 Å². The van der Waals surface area contributed by atoms with Gasteiger partial charge in [0.2, 0.25) is 5.91 Å². The lowest BCUT2D eigenvalue weighted by molar-refractivity contribution is -0.115. The zero-order valence-corrected chi connectivity index (χ0v) is 13.3. The summed E-state index contributed by atoms with van der Waals surface area (Å²) in [5.74, 6) is 0.655. The summed E-state index contributed by atoms with van der Waals surface area (Å²) < 4.78 is 0. The molecule has 0 saturated carbocycles. The predicted molar refractivity (Wildman–Crippen MR) is 91.0 cm³/mol. The van der Waals surface area contributed by atoms with Gasteiger partial charge in [-0.25, -0.2) is 0 Å². The van der Waals surface area contributed by atoms with Crippen LogP contribution in [0.5, 0.6) is 0 Å². The van der Waals surface area contributed by atoms with Gasteiger partial charge < -0.3 is 11.1 Å². The summed E-state index contributed by atoms with van der Waals surface area (Å²) in [6, 6.07) is 13.2. The van der Waals surface area contributed by atoms with Gasteiger partial charge in [0.05, 0.1) is 11.4 Å². The summed E-state index contributed by atoms with van der Waals surface area (Å²) in [5.41, 5.74) is 8.10. The topological polar surface area (TPSA) is 55.1 Å². The van der Waals surface area contributed by atoms with Crippen molar-refractivity contribution in [3.8, 4) is 0 Å². The van der Waals surface area contributed by atoms with Crippen LogP contribution in [0.1, 0.15) is 12.0 Å². The molecule has 2 rings (SSSR count). The molecule has 0 heterocycles. The van der Waals surface area contributed by atoms with Gasteiger partial charge in [-0.1, -0.05) is 29.8 Å². The summed E-state index contributed by atoms with van der Waals surface area (Å²) in [6.45, 7) is 2.06. The van der Waals surface area contributed by atoms with E-state index in [9.17, 15) is 4.79 Å². The Morgan fingerprint density at radius 3 is 2.81 bits per heavy atom. The van der Waals surface area contributed by atoms with Crippen molar-refractivity contribution in [1.29, 1.82) is 0 Å². The van der Waals surface area contributed by atoms with E-state index in [-0.39, 0.29) is 5.91 Å². The van der Waals surface area contributed by atoms with E-state index in [1.807, 2.05) is 12.1 Å². The van der Waals surface area contributed by atoms with E-state index in [0.29, 0.717) is 22.8 Å². The van der Waals surface area contributed by atoms with Crippen LogP contribution >= 0.6 is 23.4 Å². The Bertz CT molecular complexity index is 646. The van der Waals surface area contributed by atoms with Gasteiger partial charge in [0.1, 0.15) is 0 Å². The van der Waals surface area contributed by atoms with Gasteiger partial charge in [-0.3, -0.25) is 4.79 Å². The summed E-state index contributed by atoms with van der Waals surface area (Å²) in [6.07, 6.45) is 0.422. The quantitative estimate of drug-likeness (QED) is 0.636. The molecule has 0 bridgehead atoms. The molecule has 3 N–H and O–H groups in total. The van der Waals surface area contributed by atoms with Crippen molar-refractivity contribution in [2.24, 2.45) is 0 Å². The van der Waals surface area contributed by atoms with Gasteiger partial charge in [-0.15, -0.1) is 11.8 Å². The zero-order valence-electron chi connectivity index (χ0n) is 11.7. The van der Waals surface area contributed by atoms with E-state index >= 15 is 0 Å². The number of halogens is 1. The minimum Gasteiger partial charge on any atom is -0.397 e. The second-order valence-electron chi connectivity index (χ2n) is 4.64. The number of carbonyl (C=O) groups excluding carboxylic acids is 1. The number of nitrogen functional groups attached to an aromatic ring is 1. The van der Waals surface area contributed by atoms with Crippen LogP contribution in [-0.4, -0.2) is 11.7 Å². The third kappa shape index (κ3) is 4.69. The van der Waals surface area contributed by atoms with E-state index in [0.717, 1.165) is 5.75 Å². The van der Waals surface area contributed by atoms with Gasteiger partial charge in [-0.05, 0) is 36.8 Å². The first-order chi connectivity index (χ1) is 10.1. The van der Waals surface area contributed by atoms with Gasteiger partial charge in [-0.2, -0.15) is 0 Å². The molecule has 5 heteroatoms. The molecule has 0 aliphatic carbocycles. The molecule has 0 atom stereocenters. The number of nitrogens with one attached hydrogen (secondary N) is 1. The van der Waals surface area contributed by atoms with Gasteiger partial charge >= 0.3 is 0 Å². The molecule has 2 aromatic carbocycles. The van der Waals surface area contributed by atoms with Crippen LogP contribution in [0.4, 0.5) is 11.4 Å². The van der Waals surface area contributed by atoms with Crippen molar-refractivity contribution in [2.75, 3.05) is 16.8 Å². The van der Waals surface area contributed by atoms with Crippen LogP contribution in [0.15, 0.2) is 47.4 Å². The minimum atomic E-state index is -0.0648. The number of benzene rings is 2. The number of rotatable bonds is 5. The van der Waals surface area contributed by atoms with Crippen LogP contribution in [0.3, 0.4) is 0 Å². The highest BCUT2D eigenvalue weighted by molar-refractivity contribution is 7.99. The number of nitrogens with two attached hydrogens (primary N) is 1. The summed E-state index contributed by atoms with van der Waals surface area (Å²) >= 11 is 7.57. The minimum absolute atomic E-state index is 0.0648. The molecule has 0 fully saturated rings. The van der Waals surface area contributed by atoms with Crippen LogP contribution < -0.4 is 11.1 Å². The molecule has 21 heavy (non-hydrogen) atoms. The average molecular weight is 321 g/mol. The monoisotopic (exact) mass is 320 g/mol. The molecule has 2 aromatic rings. The lowest BCUT2D eigenvalue weighted by atomic mass is 10.2. The van der Waals surface area contributed by atoms with Crippen LogP contribution in [0, 0.1) is 6.92 Å². The molecule has 0 unspecified atom stereocenters. The van der Waals surface area contributed by atoms with E-state index in [1.54, 1.807) is 30.0 Å². The largest absolute Gasteiger partial charge is 0.397 e. The number of carbonyl (C=O) groups is 1. The Balaban J connectivity index is 1.85. The molecular formula is C16H17ClN2OS. The van der Waals surface area contributed by atoms with Crippen molar-refractivity contribution in [1.82, 2.24) is 0 Å². The normalized spacial score (nSPS) is 10.4. The number of thioether (sulfide) groups is 1. The Hall–Kier alpha value is -1.65. The highest BCUT2D eigenvalue weighted by Crippen LogP contribution is 2.24. The first-order valence-electron chi connectivity index (χ1n) is 6.59. The maximum absolute atomic E-state index is 11.9. The highest BCUT2D eigenvalue weighted by Gasteiger charge is 2.07. The molecule has 0 spiro atoms. The highest BCUT2D eigenvalue weighted by atomic mass is 35.5. The Morgan fingerprint density at radius 2 is 2.05 bits per heavy atom. The van der Waals surface area contributed by atoms with Crippen molar-refractivity contribution < 1.29 is 4.79 Å². The number of anilines is 2. The van der Waals surface area contributed by atoms with Crippen LogP contribution in [0.25, 0.3) is 0 Å². The van der Waals surface area contributed by atoms with E-state index in [1.165, 1.54) is 10.5 Å². The third-order valence-electron chi connectivity index (χ3n) is 2.97. The first-order valence-corrected chi connectivity index (χ1v) is 7.96. The smallest absolute Gasteiger partial charge is 0.225 e. The fraction of sp³-hybridized carbons (Fsp3) is 0.188. The van der Waals surface area contributed by atoms with Crippen molar-refractivity contribution >= 4 is 40.6 Å². The number of aryl methyl sites for hydroxylation is 1. The molecule has 0 saturated heterocycles. The van der Waals surface area contributed by atoms with E-state index in [2.05, 4.69) is 24.4 Å². The second kappa shape index (κ2) is 7.38. The molecular weight excluding hydrogens is 304 g/mol. The van der Waals surface area contributed by atoms with E-state index in [4.69, 9.17) is 17.3 Å². The number of amides is 1. The Labute approximate surface area is 133 Å². The van der Waals surface area contributed by atoms with Gasteiger partial charge in [0.25, 0.3) is 0 Å². The van der Waals surface area contributed by atoms with Crippen LogP contribution in [-0.2, 0) is 4.79 Å². The molecule has 3 nitrogen and oxygen atoms in total. The lowest BCUT2D eigenvalue weighted by Crippen LogP contribution is -2.13. The van der Waals surface area contributed by atoms with Crippen LogP contribution in [0.2, 0.25) is 5.02 Å². The van der Waals surface area contributed by atoms with E-state index < -0.39 is 0 Å². The second-order valence-corrected chi connectivity index (χ2v) is 6.22. The SMILES string of the molecule is Cc1ccccc1SCCC(=O)Nc1cc(Cl)ccc1N. The average Bonchev–Trinajstić information content (AvgIpc) is 2.45. The maximum Gasteiger partial charge on any atom is 0.225 e.